The molecular formula is C16H31N5O2. The van der Waals surface area contributed by atoms with Gasteiger partial charge in [-0.05, 0) is 70.4 Å². The van der Waals surface area contributed by atoms with E-state index in [2.05, 4.69) is 21.4 Å². The van der Waals surface area contributed by atoms with E-state index in [1.165, 1.54) is 25.7 Å². The summed E-state index contributed by atoms with van der Waals surface area (Å²) in [4.78, 5) is 16.7. The number of hydrogen-bond donors (Lipinski definition) is 5. The number of primary amides is 1. The summed E-state index contributed by atoms with van der Waals surface area (Å²) in [5, 5.41) is 10.5. The van der Waals surface area contributed by atoms with Crippen LogP contribution >= 0.6 is 0 Å². The van der Waals surface area contributed by atoms with E-state index in [4.69, 9.17) is 10.6 Å². The number of hydroxylamine groups is 1. The van der Waals surface area contributed by atoms with E-state index >= 15 is 0 Å². The highest BCUT2D eigenvalue weighted by Gasteiger charge is 2.32. The molecule has 6 N–H and O–H groups in total. The Balaban J connectivity index is 1.35. The van der Waals surface area contributed by atoms with Crippen molar-refractivity contribution in [2.24, 2.45) is 23.5 Å². The van der Waals surface area contributed by atoms with Crippen LogP contribution in [-0.2, 0) is 9.63 Å². The Bertz CT molecular complexity index is 400. The van der Waals surface area contributed by atoms with Gasteiger partial charge in [0.05, 0.1) is 12.3 Å². The molecule has 0 radical (unpaired) electrons. The lowest BCUT2D eigenvalue weighted by Gasteiger charge is -2.34. The second-order valence-corrected chi connectivity index (χ2v) is 7.34. The van der Waals surface area contributed by atoms with E-state index in [0.717, 1.165) is 31.8 Å². The van der Waals surface area contributed by atoms with Crippen molar-refractivity contribution < 1.29 is 9.63 Å². The van der Waals surface area contributed by atoms with Crippen LogP contribution in [0.25, 0.3) is 0 Å². The van der Waals surface area contributed by atoms with Gasteiger partial charge in [-0.1, -0.05) is 0 Å². The average Bonchev–Trinajstić information content (AvgIpc) is 3.00. The molecule has 1 saturated carbocycles. The SMILES string of the molecule is CC1NC(C2CCC(CNC3CC(C(N)=O)CCN3)CC2)NO1. The number of rotatable bonds is 5. The number of piperidine rings is 1. The lowest BCUT2D eigenvalue weighted by Crippen LogP contribution is -2.51. The van der Waals surface area contributed by atoms with E-state index in [-0.39, 0.29) is 24.2 Å². The number of hydrogen-bond acceptors (Lipinski definition) is 6. The molecule has 3 fully saturated rings. The normalized spacial score (nSPS) is 41.8. The fraction of sp³-hybridized carbons (Fsp3) is 0.938. The van der Waals surface area contributed by atoms with Gasteiger partial charge < -0.3 is 16.4 Å². The molecule has 23 heavy (non-hydrogen) atoms. The summed E-state index contributed by atoms with van der Waals surface area (Å²) in [6.07, 6.45) is 7.27. The summed E-state index contributed by atoms with van der Waals surface area (Å²) in [5.74, 6) is 1.24. The second kappa shape index (κ2) is 7.90. The van der Waals surface area contributed by atoms with Crippen LogP contribution in [0.15, 0.2) is 0 Å². The van der Waals surface area contributed by atoms with Crippen molar-refractivity contribution in [2.45, 2.75) is 64.0 Å². The molecule has 3 aliphatic rings. The summed E-state index contributed by atoms with van der Waals surface area (Å²) in [7, 11) is 0. The average molecular weight is 325 g/mol. The first-order valence-electron chi connectivity index (χ1n) is 9.05. The van der Waals surface area contributed by atoms with Gasteiger partial charge in [0.1, 0.15) is 6.23 Å². The van der Waals surface area contributed by atoms with Gasteiger partial charge in [0.25, 0.3) is 0 Å². The highest BCUT2D eigenvalue weighted by Crippen LogP contribution is 2.31. The Morgan fingerprint density at radius 2 is 2.04 bits per heavy atom. The first-order chi connectivity index (χ1) is 11.1. The Morgan fingerprint density at radius 3 is 2.70 bits per heavy atom. The Morgan fingerprint density at radius 1 is 1.26 bits per heavy atom. The molecular weight excluding hydrogens is 294 g/mol. The van der Waals surface area contributed by atoms with E-state index in [1.807, 2.05) is 6.92 Å². The number of amides is 1. The van der Waals surface area contributed by atoms with Gasteiger partial charge in [-0.3, -0.25) is 14.9 Å². The van der Waals surface area contributed by atoms with Crippen LogP contribution in [0.1, 0.15) is 45.4 Å². The second-order valence-electron chi connectivity index (χ2n) is 7.34. The molecule has 2 aliphatic heterocycles. The lowest BCUT2D eigenvalue weighted by atomic mass is 9.80. The van der Waals surface area contributed by atoms with Crippen LogP contribution in [0, 0.1) is 17.8 Å². The van der Waals surface area contributed by atoms with Gasteiger partial charge in [-0.15, -0.1) is 0 Å². The quantitative estimate of drug-likeness (QED) is 0.487. The van der Waals surface area contributed by atoms with Crippen molar-refractivity contribution in [1.82, 2.24) is 21.4 Å². The van der Waals surface area contributed by atoms with E-state index < -0.39 is 0 Å². The fourth-order valence-electron chi connectivity index (χ4n) is 4.09. The fourth-order valence-corrected chi connectivity index (χ4v) is 4.09. The number of carbonyl (C=O) groups is 1. The third kappa shape index (κ3) is 4.64. The van der Waals surface area contributed by atoms with E-state index in [0.29, 0.717) is 12.1 Å². The summed E-state index contributed by atoms with van der Waals surface area (Å²) < 4.78 is 0. The summed E-state index contributed by atoms with van der Waals surface area (Å²) in [6, 6.07) is 0. The zero-order valence-electron chi connectivity index (χ0n) is 14.0. The number of nitrogens with two attached hydrogens (primary N) is 1. The minimum absolute atomic E-state index is 0.0194. The van der Waals surface area contributed by atoms with Crippen LogP contribution in [-0.4, -0.2) is 37.6 Å². The predicted octanol–water partition coefficient (Wildman–Crippen LogP) is -0.0101. The molecule has 0 spiro atoms. The first-order valence-corrected chi connectivity index (χ1v) is 9.05. The highest BCUT2D eigenvalue weighted by atomic mass is 16.7. The molecule has 3 rings (SSSR count). The molecule has 0 bridgehead atoms. The monoisotopic (exact) mass is 325 g/mol. The molecule has 0 aromatic heterocycles. The smallest absolute Gasteiger partial charge is 0.220 e. The molecule has 0 aromatic rings. The van der Waals surface area contributed by atoms with Crippen LogP contribution in [0.4, 0.5) is 0 Å². The maximum absolute atomic E-state index is 11.3. The van der Waals surface area contributed by atoms with Crippen LogP contribution < -0.4 is 27.2 Å². The maximum atomic E-state index is 11.3. The van der Waals surface area contributed by atoms with Crippen molar-refractivity contribution in [3.05, 3.63) is 0 Å². The lowest BCUT2D eigenvalue weighted by molar-refractivity contribution is -0.122. The van der Waals surface area contributed by atoms with Gasteiger partial charge in [0.15, 0.2) is 0 Å². The summed E-state index contributed by atoms with van der Waals surface area (Å²) >= 11 is 0. The van der Waals surface area contributed by atoms with E-state index in [1.54, 1.807) is 0 Å². The van der Waals surface area contributed by atoms with Gasteiger partial charge in [-0.25, -0.2) is 0 Å². The van der Waals surface area contributed by atoms with Crippen LogP contribution in [0.3, 0.4) is 0 Å². The molecule has 132 valence electrons. The third-order valence-electron chi connectivity index (χ3n) is 5.61. The topological polar surface area (TPSA) is 100 Å². The van der Waals surface area contributed by atoms with Crippen molar-refractivity contribution >= 4 is 5.91 Å². The molecule has 2 saturated heterocycles. The highest BCUT2D eigenvalue weighted by molar-refractivity contribution is 5.76. The van der Waals surface area contributed by atoms with Crippen molar-refractivity contribution in [3.63, 3.8) is 0 Å². The van der Waals surface area contributed by atoms with E-state index in [9.17, 15) is 4.79 Å². The standard InChI is InChI=1S/C16H31N5O2/c1-10-20-16(21-23-10)12-4-2-11(3-5-12)9-19-14-8-13(15(17)22)6-7-18-14/h10-14,16,18-21H,2-9H2,1H3,(H2,17,22). The zero-order valence-corrected chi connectivity index (χ0v) is 14.0. The Labute approximate surface area is 138 Å². The van der Waals surface area contributed by atoms with Gasteiger partial charge in [-0.2, -0.15) is 5.48 Å². The van der Waals surface area contributed by atoms with Crippen molar-refractivity contribution in [3.8, 4) is 0 Å². The Kier molecular flexibility index (Phi) is 5.87. The summed E-state index contributed by atoms with van der Waals surface area (Å²) in [5.41, 5.74) is 8.55. The molecule has 4 unspecified atom stereocenters. The minimum atomic E-state index is -0.160. The largest absolute Gasteiger partial charge is 0.369 e. The van der Waals surface area contributed by atoms with Crippen molar-refractivity contribution in [2.75, 3.05) is 13.1 Å². The third-order valence-corrected chi connectivity index (χ3v) is 5.61. The van der Waals surface area contributed by atoms with Crippen LogP contribution in [0.2, 0.25) is 0 Å². The molecule has 4 atom stereocenters. The van der Waals surface area contributed by atoms with Crippen molar-refractivity contribution in [1.29, 1.82) is 0 Å². The Hall–Kier alpha value is -0.730. The number of carbonyl (C=O) groups excluding carboxylic acids is 1. The minimum Gasteiger partial charge on any atom is -0.369 e. The molecule has 0 aromatic carbocycles. The molecule has 1 aliphatic carbocycles. The molecule has 7 nitrogen and oxygen atoms in total. The molecule has 1 amide bonds. The first kappa shape index (κ1) is 17.1. The summed E-state index contributed by atoms with van der Waals surface area (Å²) in [6.45, 7) is 3.92. The van der Waals surface area contributed by atoms with Crippen LogP contribution in [0.5, 0.6) is 0 Å². The molecule has 2 heterocycles. The molecule has 7 heteroatoms. The van der Waals surface area contributed by atoms with Gasteiger partial charge in [0, 0.05) is 5.92 Å². The maximum Gasteiger partial charge on any atom is 0.220 e. The zero-order chi connectivity index (χ0) is 16.2. The van der Waals surface area contributed by atoms with Gasteiger partial charge >= 0.3 is 0 Å². The number of nitrogens with one attached hydrogen (secondary N) is 4. The predicted molar refractivity (Wildman–Crippen MR) is 87.8 cm³/mol. The van der Waals surface area contributed by atoms with Gasteiger partial charge in [0.2, 0.25) is 5.91 Å².